The van der Waals surface area contributed by atoms with Gasteiger partial charge < -0.3 is 14.8 Å². The summed E-state index contributed by atoms with van der Waals surface area (Å²) < 4.78 is 50.1. The lowest BCUT2D eigenvalue weighted by atomic mass is 10.2. The van der Waals surface area contributed by atoms with Crippen molar-refractivity contribution in [2.24, 2.45) is 0 Å². The van der Waals surface area contributed by atoms with Crippen LogP contribution in [0.2, 0.25) is 0 Å². The molecule has 0 atom stereocenters. The summed E-state index contributed by atoms with van der Waals surface area (Å²) in [4.78, 5) is 12.1. The van der Waals surface area contributed by atoms with Gasteiger partial charge in [-0.1, -0.05) is 30.4 Å². The number of ether oxygens (including phenoxy) is 2. The Balaban J connectivity index is 1.52. The molecule has 0 bridgehead atoms. The van der Waals surface area contributed by atoms with E-state index in [1.54, 1.807) is 30.3 Å². The van der Waals surface area contributed by atoms with Crippen LogP contribution in [0.5, 0.6) is 11.5 Å². The van der Waals surface area contributed by atoms with E-state index in [1.807, 2.05) is 31.2 Å². The standard InChI is InChI=1S/C23H22F3N3O3/c1-3-4-16-7-10-19(20(13-16)31-2)32-15-22(30)27-14-17-5-8-18(9-6-17)29-12-11-21(28-29)23(24,25)26/h3-13H,14-15H2,1-2H3,(H,27,30)/b4-3+. The van der Waals surface area contributed by atoms with E-state index < -0.39 is 11.9 Å². The van der Waals surface area contributed by atoms with Crippen molar-refractivity contribution in [1.82, 2.24) is 15.1 Å². The summed E-state index contributed by atoms with van der Waals surface area (Å²) in [5.74, 6) is 0.657. The molecular formula is C23H22F3N3O3. The van der Waals surface area contributed by atoms with Gasteiger partial charge in [0, 0.05) is 12.7 Å². The van der Waals surface area contributed by atoms with Gasteiger partial charge in [-0.2, -0.15) is 18.3 Å². The SMILES string of the molecule is C/C=C/c1ccc(OCC(=O)NCc2ccc(-n3ccc(C(F)(F)F)n3)cc2)c(OC)c1. The van der Waals surface area contributed by atoms with Gasteiger partial charge in [-0.25, -0.2) is 4.68 Å². The number of nitrogens with zero attached hydrogens (tertiary/aromatic N) is 2. The summed E-state index contributed by atoms with van der Waals surface area (Å²) in [6.45, 7) is 1.97. The minimum Gasteiger partial charge on any atom is -0.493 e. The lowest BCUT2D eigenvalue weighted by molar-refractivity contribution is -0.141. The summed E-state index contributed by atoms with van der Waals surface area (Å²) in [6, 6.07) is 13.0. The van der Waals surface area contributed by atoms with Crippen LogP contribution in [0.3, 0.4) is 0 Å². The summed E-state index contributed by atoms with van der Waals surface area (Å²) in [5.41, 5.74) is 1.25. The molecule has 2 aromatic carbocycles. The molecule has 9 heteroatoms. The number of benzene rings is 2. The van der Waals surface area contributed by atoms with Crippen LogP contribution in [0.25, 0.3) is 11.8 Å². The molecule has 0 unspecified atom stereocenters. The number of amides is 1. The molecule has 3 rings (SSSR count). The van der Waals surface area contributed by atoms with Crippen molar-refractivity contribution in [3.63, 3.8) is 0 Å². The Labute approximate surface area is 183 Å². The van der Waals surface area contributed by atoms with Crippen LogP contribution in [0.15, 0.2) is 60.8 Å². The first-order valence-corrected chi connectivity index (χ1v) is 9.72. The maximum Gasteiger partial charge on any atom is 0.435 e. The molecule has 0 aliphatic rings. The summed E-state index contributed by atoms with van der Waals surface area (Å²) in [5, 5.41) is 6.26. The third-order valence-corrected chi connectivity index (χ3v) is 4.48. The fraction of sp³-hybridized carbons (Fsp3) is 0.217. The molecule has 0 saturated heterocycles. The maximum atomic E-state index is 12.7. The van der Waals surface area contributed by atoms with Gasteiger partial charge in [0.15, 0.2) is 23.8 Å². The molecule has 0 spiro atoms. The van der Waals surface area contributed by atoms with Gasteiger partial charge in [0.05, 0.1) is 12.8 Å². The molecule has 0 saturated carbocycles. The minimum atomic E-state index is -4.49. The van der Waals surface area contributed by atoms with E-state index in [-0.39, 0.29) is 19.1 Å². The minimum absolute atomic E-state index is 0.190. The zero-order chi connectivity index (χ0) is 23.1. The highest BCUT2D eigenvalue weighted by Gasteiger charge is 2.33. The van der Waals surface area contributed by atoms with Gasteiger partial charge in [0.2, 0.25) is 0 Å². The molecule has 0 fully saturated rings. The molecule has 1 amide bonds. The highest BCUT2D eigenvalue weighted by atomic mass is 19.4. The number of aromatic nitrogens is 2. The van der Waals surface area contributed by atoms with Crippen molar-refractivity contribution < 1.29 is 27.4 Å². The lowest BCUT2D eigenvalue weighted by Crippen LogP contribution is -2.28. The van der Waals surface area contributed by atoms with Crippen LogP contribution in [-0.2, 0) is 17.5 Å². The second-order valence-electron chi connectivity index (χ2n) is 6.79. The first-order valence-electron chi connectivity index (χ1n) is 9.72. The third-order valence-electron chi connectivity index (χ3n) is 4.48. The Morgan fingerprint density at radius 2 is 1.88 bits per heavy atom. The number of halogens is 3. The van der Waals surface area contributed by atoms with E-state index in [4.69, 9.17) is 9.47 Å². The van der Waals surface area contributed by atoms with Crippen LogP contribution in [-0.4, -0.2) is 29.4 Å². The Bertz CT molecular complexity index is 1090. The van der Waals surface area contributed by atoms with Gasteiger partial charge in [-0.3, -0.25) is 4.79 Å². The smallest absolute Gasteiger partial charge is 0.435 e. The van der Waals surface area contributed by atoms with E-state index >= 15 is 0 Å². The summed E-state index contributed by atoms with van der Waals surface area (Å²) in [6.07, 6.45) is 0.586. The van der Waals surface area contributed by atoms with Crippen molar-refractivity contribution in [3.05, 3.63) is 77.6 Å². The van der Waals surface area contributed by atoms with Crippen molar-refractivity contribution in [1.29, 1.82) is 0 Å². The Morgan fingerprint density at radius 1 is 1.12 bits per heavy atom. The zero-order valence-electron chi connectivity index (χ0n) is 17.5. The highest BCUT2D eigenvalue weighted by molar-refractivity contribution is 5.77. The second kappa shape index (κ2) is 10.0. The molecule has 3 aromatic rings. The monoisotopic (exact) mass is 445 g/mol. The largest absolute Gasteiger partial charge is 0.493 e. The summed E-state index contributed by atoms with van der Waals surface area (Å²) in [7, 11) is 1.53. The molecule has 0 radical (unpaired) electrons. The quantitative estimate of drug-likeness (QED) is 0.549. The molecule has 1 aromatic heterocycles. The van der Waals surface area contributed by atoms with E-state index in [0.717, 1.165) is 21.9 Å². The molecular weight excluding hydrogens is 423 g/mol. The molecule has 0 aliphatic heterocycles. The Kier molecular flexibility index (Phi) is 7.19. The first kappa shape index (κ1) is 22.9. The number of carbonyl (C=O) groups excluding carboxylic acids is 1. The van der Waals surface area contributed by atoms with Crippen LogP contribution in [0.1, 0.15) is 23.7 Å². The van der Waals surface area contributed by atoms with Gasteiger partial charge in [0.1, 0.15) is 0 Å². The number of hydrogen-bond donors (Lipinski definition) is 1. The molecule has 6 nitrogen and oxygen atoms in total. The van der Waals surface area contributed by atoms with Gasteiger partial charge in [-0.05, 0) is 48.4 Å². The number of allylic oxidation sites excluding steroid dienone is 1. The van der Waals surface area contributed by atoms with E-state index in [1.165, 1.54) is 13.3 Å². The average Bonchev–Trinajstić information content (AvgIpc) is 3.28. The van der Waals surface area contributed by atoms with Crippen LogP contribution in [0, 0.1) is 0 Å². The lowest BCUT2D eigenvalue weighted by Gasteiger charge is -2.12. The van der Waals surface area contributed by atoms with Gasteiger partial charge in [0.25, 0.3) is 5.91 Å². The van der Waals surface area contributed by atoms with Gasteiger partial charge in [-0.15, -0.1) is 0 Å². The first-order chi connectivity index (χ1) is 15.3. The van der Waals surface area contributed by atoms with Crippen LogP contribution < -0.4 is 14.8 Å². The molecule has 168 valence electrons. The number of rotatable bonds is 8. The number of alkyl halides is 3. The zero-order valence-corrected chi connectivity index (χ0v) is 17.5. The van der Waals surface area contributed by atoms with Crippen molar-refractivity contribution in [2.75, 3.05) is 13.7 Å². The van der Waals surface area contributed by atoms with Crippen LogP contribution >= 0.6 is 0 Å². The maximum absolute atomic E-state index is 12.7. The number of methoxy groups -OCH3 is 1. The molecule has 1 N–H and O–H groups in total. The van der Waals surface area contributed by atoms with E-state index in [0.29, 0.717) is 17.2 Å². The summed E-state index contributed by atoms with van der Waals surface area (Å²) >= 11 is 0. The Morgan fingerprint density at radius 3 is 2.50 bits per heavy atom. The number of nitrogens with one attached hydrogen (secondary N) is 1. The topological polar surface area (TPSA) is 65.4 Å². The molecule has 32 heavy (non-hydrogen) atoms. The van der Waals surface area contributed by atoms with Gasteiger partial charge >= 0.3 is 6.18 Å². The number of carbonyl (C=O) groups is 1. The van der Waals surface area contributed by atoms with Crippen molar-refractivity contribution in [3.8, 4) is 17.2 Å². The predicted molar refractivity (Wildman–Crippen MR) is 114 cm³/mol. The molecule has 1 heterocycles. The van der Waals surface area contributed by atoms with Crippen molar-refractivity contribution >= 4 is 12.0 Å². The second-order valence-corrected chi connectivity index (χ2v) is 6.79. The fourth-order valence-corrected chi connectivity index (χ4v) is 2.88. The van der Waals surface area contributed by atoms with Crippen LogP contribution in [0.4, 0.5) is 13.2 Å². The normalized spacial score (nSPS) is 11.5. The predicted octanol–water partition coefficient (Wildman–Crippen LogP) is 4.63. The Hall–Kier alpha value is -3.75. The highest BCUT2D eigenvalue weighted by Crippen LogP contribution is 2.29. The molecule has 0 aliphatic carbocycles. The van der Waals surface area contributed by atoms with Crippen molar-refractivity contribution in [2.45, 2.75) is 19.6 Å². The van der Waals surface area contributed by atoms with E-state index in [9.17, 15) is 18.0 Å². The number of hydrogen-bond acceptors (Lipinski definition) is 4. The van der Waals surface area contributed by atoms with E-state index in [2.05, 4.69) is 10.4 Å². The average molecular weight is 445 g/mol. The third kappa shape index (κ3) is 5.90. The fourth-order valence-electron chi connectivity index (χ4n) is 2.88.